The van der Waals surface area contributed by atoms with Crippen LogP contribution in [0.2, 0.25) is 5.02 Å². The summed E-state index contributed by atoms with van der Waals surface area (Å²) in [6, 6.07) is 20.6. The lowest BCUT2D eigenvalue weighted by molar-refractivity contribution is 0.0956. The molecule has 0 spiro atoms. The summed E-state index contributed by atoms with van der Waals surface area (Å²) in [5.74, 6) is -0.0654. The average molecular weight is 467 g/mol. The molecule has 2 aromatic carbocycles. The maximum atomic E-state index is 12.7. The van der Waals surface area contributed by atoms with Crippen LogP contribution in [0, 0.1) is 0 Å². The van der Waals surface area contributed by atoms with Gasteiger partial charge in [0.25, 0.3) is 5.91 Å². The van der Waals surface area contributed by atoms with Crippen molar-refractivity contribution in [3.05, 3.63) is 95.8 Å². The number of aromatic nitrogens is 1. The highest BCUT2D eigenvalue weighted by atomic mass is 35.5. The summed E-state index contributed by atoms with van der Waals surface area (Å²) >= 11 is 5.99. The fourth-order valence-corrected chi connectivity index (χ4v) is 4.50. The van der Waals surface area contributed by atoms with Crippen molar-refractivity contribution in [3.8, 4) is 22.6 Å². The van der Waals surface area contributed by atoms with Crippen molar-refractivity contribution in [2.45, 2.75) is 4.90 Å². The van der Waals surface area contributed by atoms with Crippen molar-refractivity contribution in [1.82, 2.24) is 10.3 Å². The Hall–Kier alpha value is -3.42. The van der Waals surface area contributed by atoms with Crippen molar-refractivity contribution in [2.24, 2.45) is 0 Å². The molecule has 0 unspecified atom stereocenters. The number of furan rings is 1. The van der Waals surface area contributed by atoms with Crippen LogP contribution in [-0.2, 0) is 9.84 Å². The number of hydrogen-bond acceptors (Lipinski definition) is 5. The number of sulfone groups is 1. The van der Waals surface area contributed by atoms with Gasteiger partial charge in [-0.05, 0) is 42.5 Å². The Labute approximate surface area is 190 Å². The Balaban J connectivity index is 1.54. The Morgan fingerprint density at radius 2 is 1.75 bits per heavy atom. The number of halogens is 1. The van der Waals surface area contributed by atoms with E-state index in [1.807, 2.05) is 12.1 Å². The van der Waals surface area contributed by atoms with Gasteiger partial charge in [0.1, 0.15) is 5.76 Å². The van der Waals surface area contributed by atoms with E-state index >= 15 is 0 Å². The molecule has 0 bridgehead atoms. The molecule has 4 rings (SSSR count). The molecule has 0 saturated heterocycles. The third kappa shape index (κ3) is 4.90. The second-order valence-corrected chi connectivity index (χ2v) is 9.54. The largest absolute Gasteiger partial charge is 0.464 e. The van der Waals surface area contributed by atoms with Gasteiger partial charge in [0, 0.05) is 28.9 Å². The molecule has 32 heavy (non-hydrogen) atoms. The summed E-state index contributed by atoms with van der Waals surface area (Å²) < 4.78 is 30.3. The minimum atomic E-state index is -3.48. The van der Waals surface area contributed by atoms with Crippen LogP contribution in [0.4, 0.5) is 0 Å². The molecule has 0 saturated carbocycles. The molecule has 2 aromatic heterocycles. The highest BCUT2D eigenvalue weighted by Crippen LogP contribution is 2.32. The summed E-state index contributed by atoms with van der Waals surface area (Å²) in [5.41, 5.74) is 2.40. The number of carbonyl (C=O) groups is 1. The van der Waals surface area contributed by atoms with Gasteiger partial charge < -0.3 is 9.73 Å². The number of rotatable bonds is 7. The molecule has 6 nitrogen and oxygen atoms in total. The van der Waals surface area contributed by atoms with Crippen LogP contribution >= 0.6 is 11.6 Å². The van der Waals surface area contributed by atoms with Crippen LogP contribution in [0.15, 0.2) is 94.6 Å². The van der Waals surface area contributed by atoms with Crippen LogP contribution in [0.5, 0.6) is 0 Å². The summed E-state index contributed by atoms with van der Waals surface area (Å²) in [7, 11) is -3.48. The summed E-state index contributed by atoms with van der Waals surface area (Å²) in [6.07, 6.45) is 3.00. The lowest BCUT2D eigenvalue weighted by Crippen LogP contribution is -2.29. The first-order valence-corrected chi connectivity index (χ1v) is 11.8. The van der Waals surface area contributed by atoms with Crippen molar-refractivity contribution in [2.75, 3.05) is 12.3 Å². The molecule has 0 radical (unpaired) electrons. The van der Waals surface area contributed by atoms with Gasteiger partial charge in [-0.3, -0.25) is 9.78 Å². The number of amides is 1. The summed E-state index contributed by atoms with van der Waals surface area (Å²) in [4.78, 5) is 17.4. The van der Waals surface area contributed by atoms with Gasteiger partial charge in [-0.15, -0.1) is 0 Å². The van der Waals surface area contributed by atoms with E-state index in [0.29, 0.717) is 27.6 Å². The molecule has 2 heterocycles. The van der Waals surface area contributed by atoms with Crippen LogP contribution in [0.1, 0.15) is 10.4 Å². The lowest BCUT2D eigenvalue weighted by atomic mass is 10.0. The van der Waals surface area contributed by atoms with Crippen molar-refractivity contribution >= 4 is 27.3 Å². The SMILES string of the molecule is O=C(NCCS(=O)(=O)c1ccccc1)c1cnc(-c2ccc(Cl)cc2)c(-c2ccco2)c1. The monoisotopic (exact) mass is 466 g/mol. The van der Waals surface area contributed by atoms with E-state index in [2.05, 4.69) is 10.3 Å². The second-order valence-electron chi connectivity index (χ2n) is 6.99. The first-order valence-electron chi connectivity index (χ1n) is 9.80. The molecule has 162 valence electrons. The average Bonchev–Trinajstić information content (AvgIpc) is 3.35. The zero-order valence-electron chi connectivity index (χ0n) is 16.9. The van der Waals surface area contributed by atoms with E-state index in [4.69, 9.17) is 16.0 Å². The number of nitrogens with zero attached hydrogens (tertiary/aromatic N) is 1. The molecular formula is C24H19ClN2O4S. The van der Waals surface area contributed by atoms with E-state index in [-0.39, 0.29) is 17.2 Å². The van der Waals surface area contributed by atoms with Crippen LogP contribution < -0.4 is 5.32 Å². The first-order chi connectivity index (χ1) is 15.4. The fraction of sp³-hybridized carbons (Fsp3) is 0.0833. The molecule has 4 aromatic rings. The Bertz CT molecular complexity index is 1320. The number of nitrogens with one attached hydrogen (secondary N) is 1. The van der Waals surface area contributed by atoms with Gasteiger partial charge in [-0.25, -0.2) is 8.42 Å². The Morgan fingerprint density at radius 3 is 2.44 bits per heavy atom. The smallest absolute Gasteiger partial charge is 0.252 e. The van der Waals surface area contributed by atoms with Crippen LogP contribution in [0.3, 0.4) is 0 Å². The summed E-state index contributed by atoms with van der Waals surface area (Å²) in [6.45, 7) is -0.0227. The van der Waals surface area contributed by atoms with Crippen LogP contribution in [0.25, 0.3) is 22.6 Å². The predicted octanol–water partition coefficient (Wildman–Crippen LogP) is 4.87. The van der Waals surface area contributed by atoms with Gasteiger partial charge >= 0.3 is 0 Å². The minimum Gasteiger partial charge on any atom is -0.464 e. The number of benzene rings is 2. The standard InChI is InChI=1S/C24H19ClN2O4S/c25-19-10-8-17(9-11-19)23-21(22-7-4-13-31-22)15-18(16-27-23)24(28)26-12-14-32(29,30)20-5-2-1-3-6-20/h1-11,13,15-16H,12,14H2,(H,26,28). The number of hydrogen-bond donors (Lipinski definition) is 1. The fourth-order valence-electron chi connectivity index (χ4n) is 3.19. The van der Waals surface area contributed by atoms with Gasteiger partial charge in [0.2, 0.25) is 0 Å². The quantitative estimate of drug-likeness (QED) is 0.420. The predicted molar refractivity (Wildman–Crippen MR) is 123 cm³/mol. The molecule has 0 fully saturated rings. The molecule has 0 aliphatic carbocycles. The Morgan fingerprint density at radius 1 is 1.00 bits per heavy atom. The highest BCUT2D eigenvalue weighted by molar-refractivity contribution is 7.91. The topological polar surface area (TPSA) is 89.3 Å². The molecule has 0 atom stereocenters. The highest BCUT2D eigenvalue weighted by Gasteiger charge is 2.17. The van der Waals surface area contributed by atoms with Gasteiger partial charge in [-0.2, -0.15) is 0 Å². The lowest BCUT2D eigenvalue weighted by Gasteiger charge is -2.11. The maximum Gasteiger partial charge on any atom is 0.252 e. The number of pyridine rings is 1. The molecular weight excluding hydrogens is 448 g/mol. The van der Waals surface area contributed by atoms with Gasteiger partial charge in [-0.1, -0.05) is 41.9 Å². The van der Waals surface area contributed by atoms with E-state index in [9.17, 15) is 13.2 Å². The molecule has 1 N–H and O–H groups in total. The number of carbonyl (C=O) groups excluding carboxylic acids is 1. The van der Waals surface area contributed by atoms with E-state index < -0.39 is 15.7 Å². The first kappa shape index (κ1) is 21.8. The van der Waals surface area contributed by atoms with E-state index in [0.717, 1.165) is 5.56 Å². The molecule has 1 amide bonds. The zero-order chi connectivity index (χ0) is 22.6. The Kier molecular flexibility index (Phi) is 6.39. The third-order valence-electron chi connectivity index (χ3n) is 4.81. The molecule has 0 aliphatic rings. The van der Waals surface area contributed by atoms with Gasteiger partial charge in [0.05, 0.1) is 28.2 Å². The third-order valence-corrected chi connectivity index (χ3v) is 6.80. The molecule has 0 aliphatic heterocycles. The normalized spacial score (nSPS) is 11.3. The minimum absolute atomic E-state index is 0.0227. The van der Waals surface area contributed by atoms with Crippen LogP contribution in [-0.4, -0.2) is 31.6 Å². The maximum absolute atomic E-state index is 12.7. The molecule has 8 heteroatoms. The zero-order valence-corrected chi connectivity index (χ0v) is 18.4. The summed E-state index contributed by atoms with van der Waals surface area (Å²) in [5, 5.41) is 3.26. The van der Waals surface area contributed by atoms with E-state index in [1.54, 1.807) is 54.8 Å². The second kappa shape index (κ2) is 9.38. The van der Waals surface area contributed by atoms with Gasteiger partial charge in [0.15, 0.2) is 9.84 Å². The van der Waals surface area contributed by atoms with E-state index in [1.165, 1.54) is 18.3 Å². The van der Waals surface area contributed by atoms with Crippen molar-refractivity contribution in [1.29, 1.82) is 0 Å². The van der Waals surface area contributed by atoms with Crippen molar-refractivity contribution in [3.63, 3.8) is 0 Å². The van der Waals surface area contributed by atoms with Crippen molar-refractivity contribution < 1.29 is 17.6 Å².